The molecule has 2 aromatic carbocycles. The highest BCUT2D eigenvalue weighted by Gasteiger charge is 2.49. The van der Waals surface area contributed by atoms with Gasteiger partial charge in [-0.15, -0.1) is 0 Å². The number of halogens is 4. The van der Waals surface area contributed by atoms with E-state index in [1.807, 2.05) is 0 Å². The lowest BCUT2D eigenvalue weighted by Crippen LogP contribution is -2.57. The molecule has 1 aliphatic carbocycles. The van der Waals surface area contributed by atoms with Gasteiger partial charge < -0.3 is 19.7 Å². The molecule has 2 aliphatic rings. The monoisotopic (exact) mass is 641 g/mol. The molecule has 0 spiro atoms. The minimum Gasteiger partial charge on any atom is -0.450 e. The van der Waals surface area contributed by atoms with Crippen LogP contribution in [0.4, 0.5) is 18.0 Å². The van der Waals surface area contributed by atoms with Crippen molar-refractivity contribution in [3.8, 4) is 6.07 Å². The average Bonchev–Trinajstić information content (AvgIpc) is 3.42. The van der Waals surface area contributed by atoms with Gasteiger partial charge in [-0.25, -0.2) is 13.2 Å². The Labute approximate surface area is 252 Å². The van der Waals surface area contributed by atoms with Gasteiger partial charge in [0.2, 0.25) is 5.91 Å². The van der Waals surface area contributed by atoms with Gasteiger partial charge in [-0.1, -0.05) is 35.9 Å². The molecule has 0 aromatic heterocycles. The number of hydrogen-bond donors (Lipinski definition) is 1. The number of nitrogens with zero attached hydrogens (tertiary/aromatic N) is 2. The van der Waals surface area contributed by atoms with Crippen LogP contribution in [-0.2, 0) is 36.9 Å². The third kappa shape index (κ3) is 7.42. The number of carbonyl (C=O) groups is 2. The Morgan fingerprint density at radius 3 is 2.37 bits per heavy atom. The van der Waals surface area contributed by atoms with Crippen LogP contribution >= 0.6 is 11.6 Å². The summed E-state index contributed by atoms with van der Waals surface area (Å²) in [7, 11) is -4.54. The number of amides is 2. The van der Waals surface area contributed by atoms with Gasteiger partial charge in [-0.05, 0) is 49.6 Å². The van der Waals surface area contributed by atoms with Crippen LogP contribution in [0.2, 0.25) is 5.02 Å². The molecule has 2 amide bonds. The number of hydrogen-bond acceptors (Lipinski definition) is 7. The first kappa shape index (κ1) is 32.6. The zero-order chi connectivity index (χ0) is 31.4. The maximum absolute atomic E-state index is 13.7. The summed E-state index contributed by atoms with van der Waals surface area (Å²) in [5.41, 5.74) is -1.92. The highest BCUT2D eigenvalue weighted by molar-refractivity contribution is 7.92. The number of rotatable bonds is 8. The minimum atomic E-state index is -4.90. The molecule has 0 unspecified atom stereocenters. The first-order valence-corrected chi connectivity index (χ1v) is 15.6. The van der Waals surface area contributed by atoms with Crippen molar-refractivity contribution < 1.29 is 40.7 Å². The van der Waals surface area contributed by atoms with Gasteiger partial charge >= 0.3 is 12.3 Å². The molecular formula is C29H31ClF3N3O6S. The van der Waals surface area contributed by atoms with Crippen molar-refractivity contribution >= 4 is 33.4 Å². The van der Waals surface area contributed by atoms with Crippen LogP contribution < -0.4 is 5.32 Å². The summed E-state index contributed by atoms with van der Waals surface area (Å²) < 4.78 is 79.3. The van der Waals surface area contributed by atoms with Crippen LogP contribution in [0.15, 0.2) is 53.4 Å². The molecular weight excluding hydrogens is 611 g/mol. The molecule has 43 heavy (non-hydrogen) atoms. The molecule has 1 N–H and O–H groups in total. The molecule has 232 valence electrons. The summed E-state index contributed by atoms with van der Waals surface area (Å²) in [5.74, 6) is -1.72. The van der Waals surface area contributed by atoms with Crippen LogP contribution in [0.3, 0.4) is 0 Å². The lowest BCUT2D eigenvalue weighted by molar-refractivity contribution is -0.140. The quantitative estimate of drug-likeness (QED) is 0.424. The summed E-state index contributed by atoms with van der Waals surface area (Å²) in [4.78, 5) is 26.3. The Morgan fingerprint density at radius 1 is 1.12 bits per heavy atom. The Bertz CT molecular complexity index is 1470. The van der Waals surface area contributed by atoms with Crippen molar-refractivity contribution in [3.05, 3.63) is 64.7 Å². The standard InChI is InChI=1S/C29H31ClF3N3O6S/c1-2-41-27(38)36-13-11-28(18-34,12-14-36)35-26(37)22-15-21(16-24(22)42-17-19-7-9-20(30)10-8-19)43(39,40)25-6-4-3-5-23(25)29(31,32)33/h3-10,21-22,24H,2,11-17H2,1H3,(H,35,37)/t21-,22-,24+/m0/s1. The molecule has 1 saturated carbocycles. The van der Waals surface area contributed by atoms with Crippen molar-refractivity contribution in [1.29, 1.82) is 5.26 Å². The van der Waals surface area contributed by atoms with Gasteiger partial charge in [-0.3, -0.25) is 4.79 Å². The Balaban J connectivity index is 1.57. The number of alkyl halides is 3. The van der Waals surface area contributed by atoms with Crippen molar-refractivity contribution in [2.45, 2.75) is 67.2 Å². The fourth-order valence-corrected chi connectivity index (χ4v) is 7.61. The number of sulfone groups is 1. The zero-order valence-electron chi connectivity index (χ0n) is 23.3. The van der Waals surface area contributed by atoms with Crippen molar-refractivity contribution in [2.24, 2.45) is 5.92 Å². The Morgan fingerprint density at radius 2 is 1.77 bits per heavy atom. The molecule has 9 nitrogen and oxygen atoms in total. The summed E-state index contributed by atoms with van der Waals surface area (Å²) in [6.45, 7) is 2.16. The molecule has 1 saturated heterocycles. The number of carbonyl (C=O) groups excluding carboxylic acids is 2. The predicted molar refractivity (Wildman–Crippen MR) is 149 cm³/mol. The summed E-state index contributed by atoms with van der Waals surface area (Å²) in [6, 6.07) is 12.7. The highest BCUT2D eigenvalue weighted by Crippen LogP contribution is 2.41. The molecule has 2 fully saturated rings. The van der Waals surface area contributed by atoms with E-state index in [2.05, 4.69) is 11.4 Å². The number of likely N-dealkylation sites (tertiary alicyclic amines) is 1. The minimum absolute atomic E-state index is 0.00455. The molecule has 4 rings (SSSR count). The van der Waals surface area contributed by atoms with Gasteiger partial charge in [0.1, 0.15) is 5.54 Å². The first-order chi connectivity index (χ1) is 20.3. The normalized spacial score (nSPS) is 22.0. The second-order valence-corrected chi connectivity index (χ2v) is 13.2. The van der Waals surface area contributed by atoms with E-state index in [0.29, 0.717) is 16.7 Å². The number of nitrogens with one attached hydrogen (secondary N) is 1. The maximum atomic E-state index is 13.7. The smallest absolute Gasteiger partial charge is 0.417 e. The molecule has 1 aliphatic heterocycles. The van der Waals surface area contributed by atoms with Crippen LogP contribution in [-0.4, -0.2) is 61.9 Å². The topological polar surface area (TPSA) is 126 Å². The fourth-order valence-electron chi connectivity index (χ4n) is 5.46. The van der Waals surface area contributed by atoms with Gasteiger partial charge in [0.15, 0.2) is 9.84 Å². The maximum Gasteiger partial charge on any atom is 0.417 e. The lowest BCUT2D eigenvalue weighted by Gasteiger charge is -2.38. The van der Waals surface area contributed by atoms with Crippen molar-refractivity contribution in [2.75, 3.05) is 19.7 Å². The number of nitriles is 1. The SMILES string of the molecule is CCOC(=O)N1CCC(C#N)(NC(=O)[C@H]2C[C@H](S(=O)(=O)c3ccccc3C(F)(F)F)C[C@H]2OCc2ccc(Cl)cc2)CC1. The number of ether oxygens (including phenoxy) is 2. The number of piperidine rings is 1. The van der Waals surface area contributed by atoms with E-state index in [1.165, 1.54) is 11.0 Å². The van der Waals surface area contributed by atoms with Gasteiger partial charge in [0, 0.05) is 31.0 Å². The Kier molecular flexibility index (Phi) is 9.93. The fraction of sp³-hybridized carbons (Fsp3) is 0.483. The van der Waals surface area contributed by atoms with E-state index in [9.17, 15) is 36.4 Å². The van der Waals surface area contributed by atoms with Crippen LogP contribution in [0, 0.1) is 17.2 Å². The van der Waals surface area contributed by atoms with E-state index >= 15 is 0 Å². The van der Waals surface area contributed by atoms with Crippen molar-refractivity contribution in [1.82, 2.24) is 10.2 Å². The van der Waals surface area contributed by atoms with Crippen LogP contribution in [0.5, 0.6) is 0 Å². The second-order valence-electron chi connectivity index (χ2n) is 10.6. The third-order valence-electron chi connectivity index (χ3n) is 7.83. The Hall–Kier alpha value is -3.34. The largest absolute Gasteiger partial charge is 0.450 e. The predicted octanol–water partition coefficient (Wildman–Crippen LogP) is 5.13. The lowest BCUT2D eigenvalue weighted by atomic mass is 9.88. The number of benzene rings is 2. The summed E-state index contributed by atoms with van der Waals surface area (Å²) in [5, 5.41) is 11.9. The molecule has 1 heterocycles. The second kappa shape index (κ2) is 13.1. The van der Waals surface area contributed by atoms with Crippen molar-refractivity contribution in [3.63, 3.8) is 0 Å². The van der Waals surface area contributed by atoms with E-state index < -0.39 is 61.3 Å². The molecule has 3 atom stereocenters. The molecule has 0 bridgehead atoms. The van der Waals surface area contributed by atoms with Gasteiger partial charge in [0.05, 0.1) is 47.0 Å². The molecule has 14 heteroatoms. The van der Waals surface area contributed by atoms with E-state index in [-0.39, 0.29) is 52.0 Å². The van der Waals surface area contributed by atoms with E-state index in [4.69, 9.17) is 21.1 Å². The highest BCUT2D eigenvalue weighted by atomic mass is 35.5. The zero-order valence-corrected chi connectivity index (χ0v) is 24.8. The van der Waals surface area contributed by atoms with E-state index in [1.54, 1.807) is 31.2 Å². The van der Waals surface area contributed by atoms with Gasteiger partial charge in [-0.2, -0.15) is 18.4 Å². The van der Waals surface area contributed by atoms with Gasteiger partial charge in [0.25, 0.3) is 0 Å². The summed E-state index contributed by atoms with van der Waals surface area (Å²) >= 11 is 5.94. The third-order valence-corrected chi connectivity index (χ3v) is 10.3. The van der Waals surface area contributed by atoms with Crippen LogP contribution in [0.25, 0.3) is 0 Å². The molecule has 2 aromatic rings. The first-order valence-electron chi connectivity index (χ1n) is 13.7. The average molecular weight is 642 g/mol. The molecule has 0 radical (unpaired) electrons. The van der Waals surface area contributed by atoms with E-state index in [0.717, 1.165) is 12.1 Å². The van der Waals surface area contributed by atoms with Crippen LogP contribution in [0.1, 0.15) is 43.7 Å². The summed E-state index contributed by atoms with van der Waals surface area (Å²) in [6.07, 6.45) is -6.71.